The van der Waals surface area contributed by atoms with Gasteiger partial charge in [-0.1, -0.05) is 6.42 Å². The molecule has 190 valence electrons. The van der Waals surface area contributed by atoms with E-state index in [0.717, 1.165) is 42.8 Å². The van der Waals surface area contributed by atoms with E-state index in [1.165, 1.54) is 6.42 Å². The molecule has 0 spiro atoms. The zero-order chi connectivity index (χ0) is 25.2. The summed E-state index contributed by atoms with van der Waals surface area (Å²) in [5, 5.41) is 2.34. The highest BCUT2D eigenvalue weighted by molar-refractivity contribution is 6.05. The van der Waals surface area contributed by atoms with E-state index in [9.17, 15) is 14.4 Å². The first-order valence-corrected chi connectivity index (χ1v) is 12.5. The maximum absolute atomic E-state index is 12.9. The van der Waals surface area contributed by atoms with Crippen molar-refractivity contribution in [3.8, 4) is 5.75 Å². The van der Waals surface area contributed by atoms with Crippen molar-refractivity contribution >= 4 is 23.7 Å². The average molecular weight is 493 g/mol. The third kappa shape index (κ3) is 5.04. The summed E-state index contributed by atoms with van der Waals surface area (Å²) in [5.41, 5.74) is 2.52. The maximum Gasteiger partial charge on any atom is 0.255 e. The predicted molar refractivity (Wildman–Crippen MR) is 132 cm³/mol. The molecule has 0 saturated carbocycles. The highest BCUT2D eigenvalue weighted by atomic mass is 16.5. The molecule has 36 heavy (non-hydrogen) atoms. The van der Waals surface area contributed by atoms with Gasteiger partial charge in [0.15, 0.2) is 0 Å². The van der Waals surface area contributed by atoms with E-state index in [4.69, 9.17) is 4.74 Å². The highest BCUT2D eigenvalue weighted by Gasteiger charge is 2.39. The first-order valence-electron chi connectivity index (χ1n) is 12.5. The topological polar surface area (TPSA) is 108 Å². The van der Waals surface area contributed by atoms with E-state index in [2.05, 4.69) is 20.2 Å². The molecule has 2 fully saturated rings. The molecular weight excluding hydrogens is 460 g/mol. The Morgan fingerprint density at radius 1 is 1.11 bits per heavy atom. The quantitative estimate of drug-likeness (QED) is 0.583. The molecule has 10 heteroatoms. The molecular formula is C26H32N6O4. The van der Waals surface area contributed by atoms with E-state index < -0.39 is 11.9 Å². The van der Waals surface area contributed by atoms with Gasteiger partial charge in [-0.2, -0.15) is 0 Å². The summed E-state index contributed by atoms with van der Waals surface area (Å²) in [7, 11) is 3.85. The predicted octanol–water partition coefficient (Wildman–Crippen LogP) is 1.74. The Morgan fingerprint density at radius 3 is 2.67 bits per heavy atom. The zero-order valence-corrected chi connectivity index (χ0v) is 20.8. The van der Waals surface area contributed by atoms with Crippen LogP contribution >= 0.6 is 0 Å². The number of carbonyl (C=O) groups excluding carboxylic acids is 3. The lowest BCUT2D eigenvalue weighted by molar-refractivity contribution is -0.136. The number of imide groups is 1. The number of rotatable bonds is 7. The number of likely N-dealkylation sites (tertiary alicyclic amines) is 1. The van der Waals surface area contributed by atoms with Crippen LogP contribution in [0.3, 0.4) is 0 Å². The smallest absolute Gasteiger partial charge is 0.255 e. The number of benzene rings is 1. The highest BCUT2D eigenvalue weighted by Crippen LogP contribution is 2.30. The van der Waals surface area contributed by atoms with Crippen LogP contribution < -0.4 is 15.0 Å². The fraction of sp³-hybridized carbons (Fsp3) is 0.500. The minimum atomic E-state index is -0.612. The molecule has 1 aromatic heterocycles. The van der Waals surface area contributed by atoms with Gasteiger partial charge in [0.2, 0.25) is 17.8 Å². The number of hydrogen-bond acceptors (Lipinski definition) is 8. The van der Waals surface area contributed by atoms with Crippen molar-refractivity contribution in [1.82, 2.24) is 25.1 Å². The van der Waals surface area contributed by atoms with Crippen LogP contribution in [0.25, 0.3) is 0 Å². The SMILES string of the molecule is CN(C)c1ncc(CN2CCCC[C@@H]2COc2ccc3c(c2)CN(C2CCC(=O)NC2=O)C3=O)cn1. The molecule has 10 nitrogen and oxygen atoms in total. The van der Waals surface area contributed by atoms with Crippen LogP contribution in [0.15, 0.2) is 30.6 Å². The second-order valence-electron chi connectivity index (χ2n) is 9.94. The molecule has 0 aliphatic carbocycles. The van der Waals surface area contributed by atoms with E-state index in [-0.39, 0.29) is 24.3 Å². The fourth-order valence-corrected chi connectivity index (χ4v) is 5.18. The van der Waals surface area contributed by atoms with E-state index in [0.29, 0.717) is 31.1 Å². The molecule has 2 atom stereocenters. The number of fused-ring (bicyclic) bond motifs is 1. The Labute approximate surface area is 210 Å². The molecule has 1 unspecified atom stereocenters. The minimum absolute atomic E-state index is 0.174. The Morgan fingerprint density at radius 2 is 1.92 bits per heavy atom. The van der Waals surface area contributed by atoms with Crippen LogP contribution in [0.1, 0.15) is 53.6 Å². The van der Waals surface area contributed by atoms with E-state index in [1.807, 2.05) is 43.5 Å². The van der Waals surface area contributed by atoms with Gasteiger partial charge in [0.1, 0.15) is 18.4 Å². The molecule has 0 radical (unpaired) electrons. The van der Waals surface area contributed by atoms with Gasteiger partial charge < -0.3 is 14.5 Å². The van der Waals surface area contributed by atoms with Crippen LogP contribution in [-0.2, 0) is 22.7 Å². The van der Waals surface area contributed by atoms with Crippen LogP contribution in [0.5, 0.6) is 5.75 Å². The number of anilines is 1. The Hall–Kier alpha value is -3.53. The Kier molecular flexibility index (Phi) is 6.86. The van der Waals surface area contributed by atoms with Gasteiger partial charge in [-0.15, -0.1) is 0 Å². The van der Waals surface area contributed by atoms with Gasteiger partial charge in [0.05, 0.1) is 0 Å². The first-order chi connectivity index (χ1) is 17.4. The molecule has 0 bridgehead atoms. The monoisotopic (exact) mass is 492 g/mol. The third-order valence-electron chi connectivity index (χ3n) is 7.16. The normalized spacial score (nSPS) is 22.4. The number of aromatic nitrogens is 2. The number of piperidine rings is 2. The average Bonchev–Trinajstić information content (AvgIpc) is 3.19. The third-order valence-corrected chi connectivity index (χ3v) is 7.16. The summed E-state index contributed by atoms with van der Waals surface area (Å²) in [6, 6.07) is 5.17. The number of carbonyl (C=O) groups is 3. The maximum atomic E-state index is 12.9. The lowest BCUT2D eigenvalue weighted by Crippen LogP contribution is -2.52. The summed E-state index contributed by atoms with van der Waals surface area (Å²) in [6.45, 7) is 2.68. The minimum Gasteiger partial charge on any atom is -0.492 e. The standard InChI is InChI=1S/C26H32N6O4/c1-30(2)26-27-12-17(13-28-26)14-31-10-4-3-5-19(31)16-36-20-6-7-21-18(11-20)15-32(25(21)35)22-8-9-23(33)29-24(22)34/h6-7,11-13,19,22H,3-5,8-10,14-16H2,1-2H3,(H,29,33,34)/t19-,22?/m1/s1. The first kappa shape index (κ1) is 24.2. The zero-order valence-electron chi connectivity index (χ0n) is 20.8. The summed E-state index contributed by atoms with van der Waals surface area (Å²) in [5.74, 6) is 0.556. The van der Waals surface area contributed by atoms with Crippen LogP contribution in [0.2, 0.25) is 0 Å². The molecule has 2 aromatic rings. The Bertz CT molecular complexity index is 1150. The lowest BCUT2D eigenvalue weighted by Gasteiger charge is -2.35. The van der Waals surface area contributed by atoms with Crippen molar-refractivity contribution in [1.29, 1.82) is 0 Å². The largest absolute Gasteiger partial charge is 0.492 e. The molecule has 3 aliphatic rings. The van der Waals surface area contributed by atoms with E-state index in [1.54, 1.807) is 11.0 Å². The summed E-state index contributed by atoms with van der Waals surface area (Å²) >= 11 is 0. The van der Waals surface area contributed by atoms with Crippen molar-refractivity contribution in [2.24, 2.45) is 0 Å². The molecule has 2 saturated heterocycles. The second-order valence-corrected chi connectivity index (χ2v) is 9.94. The van der Waals surface area contributed by atoms with Crippen LogP contribution in [0, 0.1) is 0 Å². The Balaban J connectivity index is 1.21. The van der Waals surface area contributed by atoms with Gasteiger partial charge in [-0.25, -0.2) is 9.97 Å². The van der Waals surface area contributed by atoms with Crippen LogP contribution in [-0.4, -0.2) is 76.8 Å². The van der Waals surface area contributed by atoms with Gasteiger partial charge >= 0.3 is 0 Å². The van der Waals surface area contributed by atoms with E-state index >= 15 is 0 Å². The lowest BCUT2D eigenvalue weighted by atomic mass is 10.0. The van der Waals surface area contributed by atoms with Crippen molar-refractivity contribution in [3.05, 3.63) is 47.3 Å². The summed E-state index contributed by atoms with van der Waals surface area (Å²) < 4.78 is 6.21. The van der Waals surface area contributed by atoms with Gasteiger partial charge in [0.25, 0.3) is 5.91 Å². The molecule has 1 aromatic carbocycles. The van der Waals surface area contributed by atoms with Crippen molar-refractivity contribution in [2.45, 2.75) is 57.3 Å². The summed E-state index contributed by atoms with van der Waals surface area (Å²) in [6.07, 6.45) is 7.76. The number of amides is 3. The van der Waals surface area contributed by atoms with Crippen molar-refractivity contribution in [2.75, 3.05) is 32.1 Å². The number of nitrogens with one attached hydrogen (secondary N) is 1. The number of ether oxygens (including phenoxy) is 1. The molecule has 1 N–H and O–H groups in total. The summed E-state index contributed by atoms with van der Waals surface area (Å²) in [4.78, 5) is 51.4. The van der Waals surface area contributed by atoms with Crippen LogP contribution in [0.4, 0.5) is 5.95 Å². The molecule has 5 rings (SSSR count). The van der Waals surface area contributed by atoms with Gasteiger partial charge in [-0.3, -0.25) is 24.6 Å². The molecule has 3 amide bonds. The van der Waals surface area contributed by atoms with Gasteiger partial charge in [-0.05, 0) is 49.6 Å². The molecule has 4 heterocycles. The fourth-order valence-electron chi connectivity index (χ4n) is 5.18. The second kappa shape index (κ2) is 10.2. The van der Waals surface area contributed by atoms with Crippen molar-refractivity contribution < 1.29 is 19.1 Å². The number of nitrogens with zero attached hydrogens (tertiary/aromatic N) is 5. The van der Waals surface area contributed by atoms with Gasteiger partial charge in [0, 0.05) is 63.2 Å². The molecule has 3 aliphatic heterocycles. The van der Waals surface area contributed by atoms with Crippen molar-refractivity contribution in [3.63, 3.8) is 0 Å². The number of hydrogen-bond donors (Lipinski definition) is 1.